The fourth-order valence-corrected chi connectivity index (χ4v) is 4.99. The fourth-order valence-electron chi connectivity index (χ4n) is 4.99. The molecule has 1 amide bonds. The summed E-state index contributed by atoms with van der Waals surface area (Å²) in [4.78, 5) is 30.9. The molecule has 158 valence electrons. The van der Waals surface area contributed by atoms with Gasteiger partial charge in [0.25, 0.3) is 0 Å². The van der Waals surface area contributed by atoms with E-state index in [0.29, 0.717) is 23.4 Å². The number of fused-ring (bicyclic) bond motifs is 3. The van der Waals surface area contributed by atoms with Gasteiger partial charge in [0.05, 0.1) is 17.9 Å². The van der Waals surface area contributed by atoms with Crippen LogP contribution in [0.4, 0.5) is 5.95 Å². The topological polar surface area (TPSA) is 113 Å². The maximum absolute atomic E-state index is 12.4. The minimum Gasteiger partial charge on any atom is -0.480 e. The lowest BCUT2D eigenvalue weighted by atomic mass is 9.79. The quantitative estimate of drug-likeness (QED) is 0.509. The van der Waals surface area contributed by atoms with Gasteiger partial charge < -0.3 is 19.9 Å². The molecule has 10 heteroatoms. The van der Waals surface area contributed by atoms with Gasteiger partial charge in [-0.3, -0.25) is 4.79 Å². The molecule has 2 aliphatic carbocycles. The summed E-state index contributed by atoms with van der Waals surface area (Å²) in [7, 11) is 5.24. The number of nitrogens with zero attached hydrogens (tertiary/aromatic N) is 6. The van der Waals surface area contributed by atoms with Gasteiger partial charge in [0.2, 0.25) is 17.7 Å². The number of anilines is 1. The Labute approximate surface area is 177 Å². The first-order valence-electron chi connectivity index (χ1n) is 10.2. The largest absolute Gasteiger partial charge is 0.480 e. The Morgan fingerprint density at radius 1 is 1.35 bits per heavy atom. The second kappa shape index (κ2) is 6.16. The van der Waals surface area contributed by atoms with Crippen LogP contribution in [0.3, 0.4) is 0 Å². The number of aromatic amines is 1. The highest BCUT2D eigenvalue weighted by atomic mass is 16.5. The molecule has 0 bridgehead atoms. The van der Waals surface area contributed by atoms with Crippen molar-refractivity contribution in [3.63, 3.8) is 0 Å². The zero-order valence-corrected chi connectivity index (χ0v) is 17.5. The number of rotatable bonds is 5. The van der Waals surface area contributed by atoms with E-state index >= 15 is 0 Å². The normalized spacial score (nSPS) is 24.0. The van der Waals surface area contributed by atoms with Crippen LogP contribution in [0.5, 0.6) is 5.88 Å². The Kier molecular flexibility index (Phi) is 3.60. The number of hydrogen-bond acceptors (Lipinski definition) is 7. The molecule has 0 aromatic carbocycles. The number of carbonyl (C=O) groups excluding carboxylic acids is 1. The second-order valence-corrected chi connectivity index (χ2v) is 8.58. The molecule has 0 saturated heterocycles. The molecular formula is C21H22N8O2. The summed E-state index contributed by atoms with van der Waals surface area (Å²) in [6.45, 7) is 0. The van der Waals surface area contributed by atoms with Crippen LogP contribution in [-0.2, 0) is 4.79 Å². The third kappa shape index (κ3) is 2.54. The van der Waals surface area contributed by atoms with E-state index in [4.69, 9.17) is 4.74 Å². The van der Waals surface area contributed by atoms with E-state index in [9.17, 15) is 4.79 Å². The Morgan fingerprint density at radius 2 is 2.23 bits per heavy atom. The van der Waals surface area contributed by atoms with E-state index < -0.39 is 0 Å². The number of carbonyl (C=O) groups is 1. The highest BCUT2D eigenvalue weighted by molar-refractivity contribution is 5.98. The lowest BCUT2D eigenvalue weighted by Crippen LogP contribution is -2.46. The molecule has 31 heavy (non-hydrogen) atoms. The molecule has 10 nitrogen and oxygen atoms in total. The van der Waals surface area contributed by atoms with Gasteiger partial charge in [0.1, 0.15) is 12.0 Å². The second-order valence-electron chi connectivity index (χ2n) is 8.58. The van der Waals surface area contributed by atoms with Crippen LogP contribution in [0.2, 0.25) is 0 Å². The van der Waals surface area contributed by atoms with Gasteiger partial charge in [-0.15, -0.1) is 0 Å². The average Bonchev–Trinajstić information content (AvgIpc) is 3.10. The lowest BCUT2D eigenvalue weighted by Gasteiger charge is -2.35. The van der Waals surface area contributed by atoms with Crippen molar-refractivity contribution in [2.45, 2.75) is 18.9 Å². The van der Waals surface area contributed by atoms with Crippen molar-refractivity contribution < 1.29 is 9.53 Å². The third-order valence-corrected chi connectivity index (χ3v) is 6.63. The predicted octanol–water partition coefficient (Wildman–Crippen LogP) is 1.95. The van der Waals surface area contributed by atoms with E-state index in [2.05, 4.69) is 30.4 Å². The fraction of sp³-hybridized carbons (Fsp3) is 0.381. The van der Waals surface area contributed by atoms with E-state index in [1.807, 2.05) is 38.6 Å². The standard InChI is InChI=1S/C21H22N8O2/c1-28(2)19(30)21-7-13(21)14(8-21)25-20-26-17-16(18(27-20)31-3)12(9-22-17)11-4-5-29-15(6-11)23-10-24-29/h4-6,9-10,13-14H,7-8H2,1-3H3,(H2,22,25,26,27)/t13?,14-,21+/m0/s1. The number of methoxy groups -OCH3 is 1. The van der Waals surface area contributed by atoms with E-state index in [1.165, 1.54) is 6.33 Å². The molecule has 2 saturated carbocycles. The highest BCUT2D eigenvalue weighted by Gasteiger charge is 2.72. The summed E-state index contributed by atoms with van der Waals surface area (Å²) in [6, 6.07) is 4.14. The lowest BCUT2D eigenvalue weighted by molar-refractivity contribution is -0.137. The van der Waals surface area contributed by atoms with Gasteiger partial charge in [0, 0.05) is 38.1 Å². The van der Waals surface area contributed by atoms with Crippen molar-refractivity contribution in [2.75, 3.05) is 26.5 Å². The minimum atomic E-state index is -0.171. The molecule has 0 spiro atoms. The highest BCUT2D eigenvalue weighted by Crippen LogP contribution is 2.68. The Bertz CT molecular complexity index is 1340. The summed E-state index contributed by atoms with van der Waals surface area (Å²) in [5, 5.41) is 8.37. The van der Waals surface area contributed by atoms with Crippen LogP contribution in [0, 0.1) is 11.3 Å². The van der Waals surface area contributed by atoms with Crippen molar-refractivity contribution in [3.05, 3.63) is 30.9 Å². The number of pyridine rings is 1. The zero-order chi connectivity index (χ0) is 21.3. The van der Waals surface area contributed by atoms with Crippen LogP contribution in [-0.4, -0.2) is 67.6 Å². The summed E-state index contributed by atoms with van der Waals surface area (Å²) in [5.41, 5.74) is 3.19. The third-order valence-electron chi connectivity index (χ3n) is 6.63. The monoisotopic (exact) mass is 418 g/mol. The SMILES string of the molecule is COc1nc(N[C@H]2C[C@]3(C(=O)N(C)C)CC23)nc2[nH]cc(-c3ccn4ncnc4c3)c12. The predicted molar refractivity (Wildman–Crippen MR) is 114 cm³/mol. The van der Waals surface area contributed by atoms with Gasteiger partial charge >= 0.3 is 0 Å². The van der Waals surface area contributed by atoms with Crippen molar-refractivity contribution in [1.29, 1.82) is 0 Å². The van der Waals surface area contributed by atoms with Crippen molar-refractivity contribution in [1.82, 2.24) is 34.4 Å². The number of aromatic nitrogens is 6. The van der Waals surface area contributed by atoms with Gasteiger partial charge in [0.15, 0.2) is 5.65 Å². The summed E-state index contributed by atoms with van der Waals surface area (Å²) in [5.74, 6) is 1.58. The molecule has 2 fully saturated rings. The number of ether oxygens (including phenoxy) is 1. The Hall–Kier alpha value is -3.69. The summed E-state index contributed by atoms with van der Waals surface area (Å²) >= 11 is 0. The minimum absolute atomic E-state index is 0.171. The first kappa shape index (κ1) is 18.1. The van der Waals surface area contributed by atoms with E-state index in [-0.39, 0.29) is 17.4 Å². The van der Waals surface area contributed by atoms with Gasteiger partial charge in [-0.1, -0.05) is 0 Å². The van der Waals surface area contributed by atoms with Crippen LogP contribution in [0.15, 0.2) is 30.9 Å². The zero-order valence-electron chi connectivity index (χ0n) is 17.5. The molecular weight excluding hydrogens is 396 g/mol. The summed E-state index contributed by atoms with van der Waals surface area (Å²) in [6.07, 6.45) is 7.04. The number of nitrogens with one attached hydrogen (secondary N) is 2. The van der Waals surface area contributed by atoms with Crippen molar-refractivity contribution in [2.24, 2.45) is 11.3 Å². The Balaban J connectivity index is 1.30. The molecule has 0 radical (unpaired) electrons. The molecule has 4 heterocycles. The first-order valence-corrected chi connectivity index (χ1v) is 10.2. The van der Waals surface area contributed by atoms with Gasteiger partial charge in [-0.2, -0.15) is 15.1 Å². The number of amides is 1. The molecule has 2 aliphatic rings. The number of hydrogen-bond donors (Lipinski definition) is 2. The maximum Gasteiger partial charge on any atom is 0.228 e. The van der Waals surface area contributed by atoms with Gasteiger partial charge in [-0.25, -0.2) is 9.50 Å². The van der Waals surface area contributed by atoms with Crippen LogP contribution in [0.25, 0.3) is 27.8 Å². The van der Waals surface area contributed by atoms with E-state index in [0.717, 1.165) is 35.0 Å². The Morgan fingerprint density at radius 3 is 3.00 bits per heavy atom. The molecule has 2 N–H and O–H groups in total. The molecule has 1 unspecified atom stereocenters. The van der Waals surface area contributed by atoms with E-state index in [1.54, 1.807) is 16.5 Å². The maximum atomic E-state index is 12.4. The van der Waals surface area contributed by atoms with Crippen LogP contribution in [0.1, 0.15) is 12.8 Å². The summed E-state index contributed by atoms with van der Waals surface area (Å²) < 4.78 is 7.33. The average molecular weight is 418 g/mol. The van der Waals surface area contributed by atoms with Gasteiger partial charge in [-0.05, 0) is 36.5 Å². The molecule has 0 aliphatic heterocycles. The first-order chi connectivity index (χ1) is 15.0. The molecule has 3 atom stereocenters. The molecule has 6 rings (SSSR count). The molecule has 4 aromatic rings. The van der Waals surface area contributed by atoms with Crippen molar-refractivity contribution in [3.8, 4) is 17.0 Å². The van der Waals surface area contributed by atoms with Crippen LogP contribution < -0.4 is 10.1 Å². The van der Waals surface area contributed by atoms with Crippen molar-refractivity contribution >= 4 is 28.5 Å². The number of H-pyrrole nitrogens is 1. The molecule has 4 aromatic heterocycles. The van der Waals surface area contributed by atoms with Crippen LogP contribution >= 0.6 is 0 Å². The smallest absolute Gasteiger partial charge is 0.228 e.